The molecule has 1 fully saturated rings. The minimum Gasteiger partial charge on any atom is -0.495 e. The van der Waals surface area contributed by atoms with Crippen LogP contribution in [0.1, 0.15) is 28.2 Å². The van der Waals surface area contributed by atoms with Gasteiger partial charge in [-0.1, -0.05) is 42.5 Å². The van der Waals surface area contributed by atoms with Gasteiger partial charge in [0.25, 0.3) is 0 Å². The number of rotatable bonds is 4. The molecule has 1 aliphatic heterocycles. The first-order valence-corrected chi connectivity index (χ1v) is 11.5. The molecule has 0 unspecified atom stereocenters. The molecule has 5 rings (SSSR count). The number of carbonyl (C=O) groups excluding carboxylic acids is 1. The standard InChI is InChI=1S/C27H25F3N2O5/c1-32(2)24(34)20-21(15-7-5-4-6-8-15)26(16-9-11-17(12-10-16)27(28,29)30)25(35,23(20)33)22-18(36-3)13-31-14-19(22)37-26/h4-14,20-21,23,33,35H,1-3H3/t20-,21-,23-,25+,26+/m1/s1. The van der Waals surface area contributed by atoms with Crippen molar-refractivity contribution in [3.05, 3.63) is 89.2 Å². The van der Waals surface area contributed by atoms with Crippen molar-refractivity contribution >= 4 is 5.91 Å². The van der Waals surface area contributed by atoms with Gasteiger partial charge in [0, 0.05) is 20.0 Å². The highest BCUT2D eigenvalue weighted by Crippen LogP contribution is 2.69. The number of halogens is 3. The van der Waals surface area contributed by atoms with E-state index in [1.807, 2.05) is 0 Å². The van der Waals surface area contributed by atoms with E-state index in [-0.39, 0.29) is 22.6 Å². The van der Waals surface area contributed by atoms with Crippen molar-refractivity contribution in [2.45, 2.75) is 29.4 Å². The summed E-state index contributed by atoms with van der Waals surface area (Å²) in [6.07, 6.45) is -3.62. The van der Waals surface area contributed by atoms with Gasteiger partial charge in [-0.25, -0.2) is 0 Å². The van der Waals surface area contributed by atoms with Crippen LogP contribution in [-0.2, 0) is 22.2 Å². The number of hydrogen-bond acceptors (Lipinski definition) is 6. The van der Waals surface area contributed by atoms with Gasteiger partial charge >= 0.3 is 6.18 Å². The zero-order valence-corrected chi connectivity index (χ0v) is 20.2. The van der Waals surface area contributed by atoms with E-state index in [0.717, 1.165) is 12.1 Å². The number of pyridine rings is 1. The second-order valence-electron chi connectivity index (χ2n) is 9.49. The van der Waals surface area contributed by atoms with E-state index >= 15 is 0 Å². The van der Waals surface area contributed by atoms with Gasteiger partial charge < -0.3 is 24.6 Å². The summed E-state index contributed by atoms with van der Waals surface area (Å²) in [6, 6.07) is 12.9. The molecule has 3 aromatic rings. The first kappa shape index (κ1) is 25.0. The van der Waals surface area contributed by atoms with Crippen LogP contribution in [0.4, 0.5) is 13.2 Å². The minimum absolute atomic E-state index is 0.0763. The first-order chi connectivity index (χ1) is 17.5. The van der Waals surface area contributed by atoms with E-state index in [9.17, 15) is 28.2 Å². The largest absolute Gasteiger partial charge is 0.495 e. The monoisotopic (exact) mass is 514 g/mol. The minimum atomic E-state index is -4.59. The number of nitrogens with zero attached hydrogens (tertiary/aromatic N) is 2. The topological polar surface area (TPSA) is 92.1 Å². The molecule has 2 heterocycles. The van der Waals surface area contributed by atoms with Crippen LogP contribution in [-0.4, -0.2) is 53.3 Å². The van der Waals surface area contributed by atoms with Gasteiger partial charge in [-0.3, -0.25) is 9.78 Å². The van der Waals surface area contributed by atoms with Gasteiger partial charge in [0.2, 0.25) is 5.91 Å². The Morgan fingerprint density at radius 2 is 1.73 bits per heavy atom. The molecule has 1 aliphatic carbocycles. The normalized spacial score (nSPS) is 28.3. The molecule has 0 saturated heterocycles. The molecule has 0 radical (unpaired) electrons. The molecule has 2 aliphatic rings. The number of aromatic nitrogens is 1. The molecule has 37 heavy (non-hydrogen) atoms. The smallest absolute Gasteiger partial charge is 0.416 e. The number of hydrogen-bond donors (Lipinski definition) is 2. The zero-order chi connectivity index (χ0) is 26.8. The number of aliphatic hydroxyl groups is 2. The Morgan fingerprint density at radius 3 is 2.30 bits per heavy atom. The summed E-state index contributed by atoms with van der Waals surface area (Å²) >= 11 is 0. The predicted octanol–water partition coefficient (Wildman–Crippen LogP) is 3.45. The fraction of sp³-hybridized carbons (Fsp3) is 0.333. The summed E-state index contributed by atoms with van der Waals surface area (Å²) in [5.74, 6) is -2.49. The second kappa shape index (κ2) is 8.46. The van der Waals surface area contributed by atoms with Gasteiger partial charge in [-0.2, -0.15) is 13.2 Å². The third-order valence-electron chi connectivity index (χ3n) is 7.41. The van der Waals surface area contributed by atoms with Crippen molar-refractivity contribution in [3.8, 4) is 11.5 Å². The molecular weight excluding hydrogens is 489 g/mol. The van der Waals surface area contributed by atoms with Crippen molar-refractivity contribution in [1.29, 1.82) is 0 Å². The maximum absolute atomic E-state index is 13.5. The SMILES string of the molecule is COc1cncc2c1[C@]1(O)[C@H](O)[C@H](C(=O)N(C)C)[C@@H](c3ccccc3)[C@]1(c1ccc(C(F)(F)F)cc1)O2. The number of aliphatic hydroxyl groups excluding tert-OH is 1. The van der Waals surface area contributed by atoms with Crippen LogP contribution in [0.2, 0.25) is 0 Å². The van der Waals surface area contributed by atoms with Gasteiger partial charge in [0.05, 0.1) is 36.5 Å². The lowest BCUT2D eigenvalue weighted by Crippen LogP contribution is -2.52. The molecule has 1 saturated carbocycles. The molecule has 194 valence electrons. The molecule has 0 bridgehead atoms. The van der Waals surface area contributed by atoms with Crippen LogP contribution in [0, 0.1) is 5.92 Å². The summed E-state index contributed by atoms with van der Waals surface area (Å²) in [7, 11) is 4.41. The maximum atomic E-state index is 13.5. The molecule has 10 heteroatoms. The van der Waals surface area contributed by atoms with Crippen LogP contribution >= 0.6 is 0 Å². The van der Waals surface area contributed by atoms with Crippen LogP contribution in [0.25, 0.3) is 0 Å². The summed E-state index contributed by atoms with van der Waals surface area (Å²) in [6.45, 7) is 0. The van der Waals surface area contributed by atoms with Crippen molar-refractivity contribution in [2.24, 2.45) is 5.92 Å². The van der Waals surface area contributed by atoms with E-state index < -0.39 is 46.8 Å². The number of amides is 1. The first-order valence-electron chi connectivity index (χ1n) is 11.5. The van der Waals surface area contributed by atoms with Crippen LogP contribution < -0.4 is 9.47 Å². The van der Waals surface area contributed by atoms with Crippen LogP contribution in [0.5, 0.6) is 11.5 Å². The Morgan fingerprint density at radius 1 is 1.08 bits per heavy atom. The lowest BCUT2D eigenvalue weighted by atomic mass is 9.70. The van der Waals surface area contributed by atoms with E-state index in [4.69, 9.17) is 9.47 Å². The fourth-order valence-corrected chi connectivity index (χ4v) is 5.87. The van der Waals surface area contributed by atoms with E-state index in [2.05, 4.69) is 4.98 Å². The molecular formula is C27H25F3N2O5. The third-order valence-corrected chi connectivity index (χ3v) is 7.41. The van der Waals surface area contributed by atoms with Crippen molar-refractivity contribution < 1.29 is 37.7 Å². The van der Waals surface area contributed by atoms with Crippen molar-refractivity contribution in [1.82, 2.24) is 9.88 Å². The summed E-state index contributed by atoms with van der Waals surface area (Å²) < 4.78 is 52.2. The average Bonchev–Trinajstić information content (AvgIpc) is 3.26. The third kappa shape index (κ3) is 3.35. The van der Waals surface area contributed by atoms with Gasteiger partial charge in [-0.05, 0) is 23.3 Å². The highest BCUT2D eigenvalue weighted by Gasteiger charge is 2.78. The summed E-state index contributed by atoms with van der Waals surface area (Å²) in [4.78, 5) is 18.9. The number of carbonyl (C=O) groups is 1. The average molecular weight is 515 g/mol. The van der Waals surface area contributed by atoms with Crippen LogP contribution in [0.15, 0.2) is 67.0 Å². The molecule has 2 aromatic carbocycles. The summed E-state index contributed by atoms with van der Waals surface area (Å²) in [5.41, 5.74) is -4.28. The molecule has 2 N–H and O–H groups in total. The zero-order valence-electron chi connectivity index (χ0n) is 20.2. The van der Waals surface area contributed by atoms with Crippen LogP contribution in [0.3, 0.4) is 0 Å². The Bertz CT molecular complexity index is 1330. The second-order valence-corrected chi connectivity index (χ2v) is 9.49. The van der Waals surface area contributed by atoms with Crippen molar-refractivity contribution in [3.63, 3.8) is 0 Å². The maximum Gasteiger partial charge on any atom is 0.416 e. The lowest BCUT2D eigenvalue weighted by Gasteiger charge is -2.41. The van der Waals surface area contributed by atoms with Crippen molar-refractivity contribution in [2.75, 3.05) is 21.2 Å². The molecule has 5 atom stereocenters. The lowest BCUT2D eigenvalue weighted by molar-refractivity contribution is -0.156. The predicted molar refractivity (Wildman–Crippen MR) is 126 cm³/mol. The van der Waals surface area contributed by atoms with E-state index in [0.29, 0.717) is 5.56 Å². The Hall–Kier alpha value is -3.63. The van der Waals surface area contributed by atoms with Gasteiger partial charge in [0.1, 0.15) is 17.6 Å². The Labute approximate surface area is 211 Å². The van der Waals surface area contributed by atoms with Gasteiger partial charge in [-0.15, -0.1) is 0 Å². The van der Waals surface area contributed by atoms with E-state index in [1.165, 1.54) is 50.6 Å². The number of methoxy groups -OCH3 is 1. The number of benzene rings is 2. The molecule has 7 nitrogen and oxygen atoms in total. The Kier molecular flexibility index (Phi) is 5.72. The number of fused-ring (bicyclic) bond motifs is 3. The molecule has 1 amide bonds. The molecule has 0 spiro atoms. The fourth-order valence-electron chi connectivity index (χ4n) is 5.87. The Balaban J connectivity index is 1.86. The quantitative estimate of drug-likeness (QED) is 0.554. The highest BCUT2D eigenvalue weighted by molar-refractivity contribution is 5.82. The molecule has 1 aromatic heterocycles. The summed E-state index contributed by atoms with van der Waals surface area (Å²) in [5, 5.41) is 24.4. The van der Waals surface area contributed by atoms with Gasteiger partial charge in [0.15, 0.2) is 11.2 Å². The highest BCUT2D eigenvalue weighted by atomic mass is 19.4. The van der Waals surface area contributed by atoms with E-state index in [1.54, 1.807) is 30.3 Å². The number of alkyl halides is 3. The number of ether oxygens (including phenoxy) is 2.